The summed E-state index contributed by atoms with van der Waals surface area (Å²) in [5.74, 6) is 3.63. The Labute approximate surface area is 200 Å². The number of hydrogen-bond acceptors (Lipinski definition) is 2. The number of ether oxygens (including phenoxy) is 2. The van der Waals surface area contributed by atoms with Gasteiger partial charge in [-0.2, -0.15) is 0 Å². The van der Waals surface area contributed by atoms with Crippen molar-refractivity contribution in [3.63, 3.8) is 0 Å². The van der Waals surface area contributed by atoms with Gasteiger partial charge in [-0.15, -0.1) is 0 Å². The van der Waals surface area contributed by atoms with Gasteiger partial charge in [0, 0.05) is 0 Å². The van der Waals surface area contributed by atoms with Crippen molar-refractivity contribution in [2.45, 2.75) is 48.0 Å². The minimum atomic E-state index is 0.877. The zero-order valence-electron chi connectivity index (χ0n) is 20.9. The van der Waals surface area contributed by atoms with E-state index in [2.05, 4.69) is 13.0 Å². The summed E-state index contributed by atoms with van der Waals surface area (Å²) in [6.45, 7) is 12.1. The first-order valence-electron chi connectivity index (χ1n) is 11.8. The SMILES string of the molecule is CC.CC.CC1=C(Oc2ccccc2)C=CC=CC1.Cc1ccccc1Oc1ccccc1. The van der Waals surface area contributed by atoms with Gasteiger partial charge in [-0.1, -0.05) is 101 Å². The number of para-hydroxylation sites is 3. The summed E-state index contributed by atoms with van der Waals surface area (Å²) in [4.78, 5) is 0. The lowest BCUT2D eigenvalue weighted by atomic mass is 10.2. The van der Waals surface area contributed by atoms with Crippen molar-refractivity contribution in [1.29, 1.82) is 0 Å². The lowest BCUT2D eigenvalue weighted by Crippen LogP contribution is -1.95. The van der Waals surface area contributed by atoms with E-state index in [1.807, 2.05) is 138 Å². The molecule has 0 atom stereocenters. The zero-order chi connectivity index (χ0) is 24.3. The van der Waals surface area contributed by atoms with Crippen molar-refractivity contribution in [3.8, 4) is 17.2 Å². The fourth-order valence-electron chi connectivity index (χ4n) is 2.73. The normalized spacial score (nSPS) is 11.5. The molecule has 0 saturated carbocycles. The molecule has 0 aromatic heterocycles. The van der Waals surface area contributed by atoms with E-state index in [9.17, 15) is 0 Å². The molecule has 2 heteroatoms. The molecule has 3 aromatic rings. The maximum absolute atomic E-state index is 5.80. The molecule has 4 rings (SSSR count). The quantitative estimate of drug-likeness (QED) is 0.400. The molecule has 33 heavy (non-hydrogen) atoms. The maximum atomic E-state index is 5.80. The standard InChI is InChI=1S/C14H14O.C13H12O.2C2H6/c1-12-8-4-2-7-11-14(12)15-13-9-5-3-6-10-13;1-11-7-5-6-10-13(11)14-12-8-3-2-4-9-12;2*1-2/h2-7,9-11H,8H2,1H3;2-10H,1H3;2*1-2H3. The summed E-state index contributed by atoms with van der Waals surface area (Å²) in [6, 6.07) is 27.7. The van der Waals surface area contributed by atoms with Gasteiger partial charge in [-0.05, 0) is 67.8 Å². The summed E-state index contributed by atoms with van der Waals surface area (Å²) in [7, 11) is 0. The Morgan fingerprint density at radius 3 is 1.67 bits per heavy atom. The van der Waals surface area contributed by atoms with Crippen LogP contribution in [0.5, 0.6) is 17.2 Å². The van der Waals surface area contributed by atoms with Crippen LogP contribution in [0.2, 0.25) is 0 Å². The van der Waals surface area contributed by atoms with Crippen LogP contribution in [-0.2, 0) is 0 Å². The van der Waals surface area contributed by atoms with Crippen LogP contribution in [-0.4, -0.2) is 0 Å². The third-order valence-electron chi connectivity index (χ3n) is 4.38. The summed E-state index contributed by atoms with van der Waals surface area (Å²) >= 11 is 0. The van der Waals surface area contributed by atoms with Crippen LogP contribution < -0.4 is 9.47 Å². The van der Waals surface area contributed by atoms with Crippen molar-refractivity contribution < 1.29 is 9.47 Å². The molecule has 0 radical (unpaired) electrons. The summed E-state index contributed by atoms with van der Waals surface area (Å²) < 4.78 is 11.5. The van der Waals surface area contributed by atoms with E-state index < -0.39 is 0 Å². The highest BCUT2D eigenvalue weighted by molar-refractivity contribution is 5.36. The molecule has 0 saturated heterocycles. The topological polar surface area (TPSA) is 18.5 Å². The van der Waals surface area contributed by atoms with Crippen LogP contribution in [0.3, 0.4) is 0 Å². The molecular formula is C31H38O2. The van der Waals surface area contributed by atoms with E-state index in [1.54, 1.807) is 0 Å². The molecule has 2 nitrogen and oxygen atoms in total. The highest BCUT2D eigenvalue weighted by Crippen LogP contribution is 2.23. The molecule has 0 N–H and O–H groups in total. The fraction of sp³-hybridized carbons (Fsp3) is 0.226. The minimum Gasteiger partial charge on any atom is -0.457 e. The van der Waals surface area contributed by atoms with Crippen LogP contribution in [0, 0.1) is 6.92 Å². The van der Waals surface area contributed by atoms with Crippen molar-refractivity contribution in [2.24, 2.45) is 0 Å². The van der Waals surface area contributed by atoms with Crippen molar-refractivity contribution in [1.82, 2.24) is 0 Å². The van der Waals surface area contributed by atoms with E-state index in [0.29, 0.717) is 0 Å². The van der Waals surface area contributed by atoms with E-state index in [4.69, 9.17) is 9.47 Å². The molecule has 3 aromatic carbocycles. The van der Waals surface area contributed by atoms with Crippen molar-refractivity contribution >= 4 is 0 Å². The summed E-state index contributed by atoms with van der Waals surface area (Å²) in [6.07, 6.45) is 9.15. The Morgan fingerprint density at radius 2 is 1.09 bits per heavy atom. The lowest BCUT2D eigenvalue weighted by Gasteiger charge is -2.08. The number of hydrogen-bond donors (Lipinski definition) is 0. The molecule has 1 aliphatic rings. The molecule has 0 heterocycles. The third kappa shape index (κ3) is 10.6. The van der Waals surface area contributed by atoms with E-state index in [1.165, 1.54) is 5.57 Å². The van der Waals surface area contributed by atoms with Crippen molar-refractivity contribution in [3.05, 3.63) is 126 Å². The van der Waals surface area contributed by atoms with Crippen LogP contribution in [0.15, 0.2) is 121 Å². The smallest absolute Gasteiger partial charge is 0.130 e. The molecule has 0 unspecified atom stereocenters. The molecule has 0 fully saturated rings. The predicted molar refractivity (Wildman–Crippen MR) is 143 cm³/mol. The van der Waals surface area contributed by atoms with Gasteiger partial charge in [-0.25, -0.2) is 0 Å². The van der Waals surface area contributed by atoms with Gasteiger partial charge in [0.1, 0.15) is 23.0 Å². The second kappa shape index (κ2) is 17.1. The lowest BCUT2D eigenvalue weighted by molar-refractivity contribution is 0.437. The molecule has 1 aliphatic carbocycles. The zero-order valence-corrected chi connectivity index (χ0v) is 20.9. The Balaban J connectivity index is 0.000000288. The van der Waals surface area contributed by atoms with Crippen molar-refractivity contribution in [2.75, 3.05) is 0 Å². The second-order valence-corrected chi connectivity index (χ2v) is 6.73. The third-order valence-corrected chi connectivity index (χ3v) is 4.38. The minimum absolute atomic E-state index is 0.877. The van der Waals surface area contributed by atoms with Crippen LogP contribution in [0.4, 0.5) is 0 Å². The Hall–Kier alpha value is -3.52. The fourth-order valence-corrected chi connectivity index (χ4v) is 2.73. The van der Waals surface area contributed by atoms with Crippen LogP contribution in [0.25, 0.3) is 0 Å². The first kappa shape index (κ1) is 27.5. The number of benzene rings is 3. The summed E-state index contributed by atoms with van der Waals surface area (Å²) in [5, 5.41) is 0. The molecule has 0 aliphatic heterocycles. The van der Waals surface area contributed by atoms with E-state index >= 15 is 0 Å². The predicted octanol–water partition coefficient (Wildman–Crippen LogP) is 9.70. The molecule has 0 bridgehead atoms. The monoisotopic (exact) mass is 442 g/mol. The van der Waals surface area contributed by atoms with Crippen LogP contribution in [0.1, 0.15) is 46.6 Å². The first-order chi connectivity index (χ1) is 16.2. The van der Waals surface area contributed by atoms with Gasteiger partial charge >= 0.3 is 0 Å². The molecule has 0 spiro atoms. The van der Waals surface area contributed by atoms with Crippen LogP contribution >= 0.6 is 0 Å². The highest BCUT2D eigenvalue weighted by atomic mass is 16.5. The van der Waals surface area contributed by atoms with E-state index in [-0.39, 0.29) is 0 Å². The van der Waals surface area contributed by atoms with Gasteiger partial charge in [0.2, 0.25) is 0 Å². The van der Waals surface area contributed by atoms with Gasteiger partial charge in [0.25, 0.3) is 0 Å². The molecule has 174 valence electrons. The highest BCUT2D eigenvalue weighted by Gasteiger charge is 2.02. The number of allylic oxidation sites excluding steroid dienone is 5. The van der Waals surface area contributed by atoms with Gasteiger partial charge in [-0.3, -0.25) is 0 Å². The second-order valence-electron chi connectivity index (χ2n) is 6.73. The van der Waals surface area contributed by atoms with Gasteiger partial charge < -0.3 is 9.47 Å². The first-order valence-corrected chi connectivity index (χ1v) is 11.8. The number of aryl methyl sites for hydroxylation is 1. The van der Waals surface area contributed by atoms with Gasteiger partial charge in [0.05, 0.1) is 0 Å². The Kier molecular flexibility index (Phi) is 14.2. The summed E-state index contributed by atoms with van der Waals surface area (Å²) in [5.41, 5.74) is 2.40. The average molecular weight is 443 g/mol. The Morgan fingerprint density at radius 1 is 0.576 bits per heavy atom. The van der Waals surface area contributed by atoms with Gasteiger partial charge in [0.15, 0.2) is 0 Å². The Bertz CT molecular complexity index is 984. The number of rotatable bonds is 4. The largest absolute Gasteiger partial charge is 0.457 e. The maximum Gasteiger partial charge on any atom is 0.130 e. The molecule has 0 amide bonds. The molecular weight excluding hydrogens is 404 g/mol. The van der Waals surface area contributed by atoms with E-state index in [0.717, 1.165) is 35.0 Å². The average Bonchev–Trinajstić information content (AvgIpc) is 3.09.